The Morgan fingerprint density at radius 2 is 2.05 bits per heavy atom. The van der Waals surface area contributed by atoms with E-state index in [9.17, 15) is 15.2 Å². The molecule has 1 fully saturated rings. The van der Waals surface area contributed by atoms with Gasteiger partial charge in [-0.25, -0.2) is 0 Å². The molecule has 20 heavy (non-hydrogen) atoms. The van der Waals surface area contributed by atoms with Crippen molar-refractivity contribution in [3.05, 3.63) is 34.5 Å². The molecule has 1 saturated heterocycles. The van der Waals surface area contributed by atoms with E-state index in [1.165, 1.54) is 12.1 Å². The number of benzene rings is 1. The number of hydrogen-bond donors (Lipinski definition) is 2. The van der Waals surface area contributed by atoms with E-state index in [4.69, 9.17) is 0 Å². The Balaban J connectivity index is 2.25. The summed E-state index contributed by atoms with van der Waals surface area (Å²) in [5, 5.41) is 24.8. The van der Waals surface area contributed by atoms with E-state index < -0.39 is 4.92 Å². The summed E-state index contributed by atoms with van der Waals surface area (Å²) in [6.07, 6.45) is 1.57. The predicted octanol–water partition coefficient (Wildman–Crippen LogP) is 1.26. The van der Waals surface area contributed by atoms with E-state index in [2.05, 4.69) is 15.2 Å². The third kappa shape index (κ3) is 2.01. The summed E-state index contributed by atoms with van der Waals surface area (Å²) in [6, 6.07) is 4.40. The van der Waals surface area contributed by atoms with Gasteiger partial charge in [0.1, 0.15) is 16.7 Å². The number of pyridine rings is 1. The third-order valence-corrected chi connectivity index (χ3v) is 3.48. The SMILES string of the molecule is O=[N+]([O-])c1ccc(O)c2nccc(N3CCNCC3)c12. The van der Waals surface area contributed by atoms with Gasteiger partial charge in [-0.3, -0.25) is 15.1 Å². The van der Waals surface area contributed by atoms with E-state index in [0.717, 1.165) is 31.9 Å². The van der Waals surface area contributed by atoms with Crippen LogP contribution >= 0.6 is 0 Å². The van der Waals surface area contributed by atoms with Crippen LogP contribution in [0.1, 0.15) is 0 Å². The number of hydrogen-bond acceptors (Lipinski definition) is 6. The molecule has 2 aromatic rings. The highest BCUT2D eigenvalue weighted by molar-refractivity contribution is 6.01. The second-order valence-corrected chi connectivity index (χ2v) is 4.65. The molecule has 1 aromatic heterocycles. The van der Waals surface area contributed by atoms with Crippen molar-refractivity contribution in [3.8, 4) is 5.75 Å². The number of anilines is 1. The Morgan fingerprint density at radius 3 is 2.75 bits per heavy atom. The van der Waals surface area contributed by atoms with Gasteiger partial charge < -0.3 is 15.3 Å². The summed E-state index contributed by atoms with van der Waals surface area (Å²) in [5.74, 6) is -0.0393. The minimum atomic E-state index is -0.435. The van der Waals surface area contributed by atoms with Crippen LogP contribution in [0, 0.1) is 10.1 Å². The number of piperazine rings is 1. The van der Waals surface area contributed by atoms with Crippen LogP contribution in [0.3, 0.4) is 0 Å². The minimum absolute atomic E-state index is 0.0283. The lowest BCUT2D eigenvalue weighted by atomic mass is 10.1. The number of aromatic nitrogens is 1. The molecule has 0 amide bonds. The fourth-order valence-corrected chi connectivity index (χ4v) is 2.54. The molecule has 0 bridgehead atoms. The smallest absolute Gasteiger partial charge is 0.281 e. The lowest BCUT2D eigenvalue weighted by Gasteiger charge is -2.30. The van der Waals surface area contributed by atoms with Crippen LogP contribution in [0.5, 0.6) is 5.75 Å². The van der Waals surface area contributed by atoms with Crippen molar-refractivity contribution >= 4 is 22.3 Å². The molecular weight excluding hydrogens is 260 g/mol. The molecule has 0 atom stereocenters. The first-order valence-corrected chi connectivity index (χ1v) is 6.39. The molecule has 0 saturated carbocycles. The highest BCUT2D eigenvalue weighted by Crippen LogP contribution is 2.37. The van der Waals surface area contributed by atoms with Gasteiger partial charge in [-0.15, -0.1) is 0 Å². The number of nitro groups is 1. The number of phenolic OH excluding ortho intramolecular Hbond substituents is 1. The van der Waals surface area contributed by atoms with Gasteiger partial charge in [-0.2, -0.15) is 0 Å². The van der Waals surface area contributed by atoms with Gasteiger partial charge in [0.2, 0.25) is 0 Å². The number of phenols is 1. The maximum atomic E-state index is 11.2. The van der Waals surface area contributed by atoms with Gasteiger partial charge in [0.15, 0.2) is 0 Å². The Kier molecular flexibility index (Phi) is 3.11. The zero-order chi connectivity index (χ0) is 14.1. The van der Waals surface area contributed by atoms with Crippen LogP contribution in [0.25, 0.3) is 10.9 Å². The van der Waals surface area contributed by atoms with Gasteiger partial charge in [0.25, 0.3) is 5.69 Å². The van der Waals surface area contributed by atoms with E-state index in [0.29, 0.717) is 5.39 Å². The maximum absolute atomic E-state index is 11.2. The Morgan fingerprint density at radius 1 is 1.30 bits per heavy atom. The first kappa shape index (κ1) is 12.6. The summed E-state index contributed by atoms with van der Waals surface area (Å²) >= 11 is 0. The molecule has 3 rings (SSSR count). The van der Waals surface area contributed by atoms with Crippen LogP contribution in [0.4, 0.5) is 11.4 Å². The molecule has 2 heterocycles. The van der Waals surface area contributed by atoms with E-state index in [1.807, 2.05) is 0 Å². The van der Waals surface area contributed by atoms with Gasteiger partial charge in [0.05, 0.1) is 10.6 Å². The molecule has 7 heteroatoms. The zero-order valence-corrected chi connectivity index (χ0v) is 10.7. The molecule has 0 unspecified atom stereocenters. The Bertz CT molecular complexity index is 668. The molecule has 0 aliphatic carbocycles. The normalized spacial score (nSPS) is 15.5. The molecular formula is C13H14N4O3. The number of fused-ring (bicyclic) bond motifs is 1. The number of nitrogens with one attached hydrogen (secondary N) is 1. The first-order valence-electron chi connectivity index (χ1n) is 6.39. The second kappa shape index (κ2) is 4.93. The van der Waals surface area contributed by atoms with Crippen molar-refractivity contribution in [1.82, 2.24) is 10.3 Å². The topological polar surface area (TPSA) is 91.5 Å². The number of nitro benzene ring substituents is 1. The number of nitrogens with zero attached hydrogens (tertiary/aromatic N) is 3. The van der Waals surface area contributed by atoms with Crippen molar-refractivity contribution in [2.24, 2.45) is 0 Å². The largest absolute Gasteiger partial charge is 0.506 e. The van der Waals surface area contributed by atoms with Crippen LogP contribution in [0.15, 0.2) is 24.4 Å². The van der Waals surface area contributed by atoms with Gasteiger partial charge in [-0.1, -0.05) is 0 Å². The maximum Gasteiger partial charge on any atom is 0.281 e. The highest BCUT2D eigenvalue weighted by atomic mass is 16.6. The minimum Gasteiger partial charge on any atom is -0.506 e. The Hall–Kier alpha value is -2.41. The average Bonchev–Trinajstić information content (AvgIpc) is 2.48. The Labute approximate surface area is 115 Å². The fraction of sp³-hybridized carbons (Fsp3) is 0.308. The van der Waals surface area contributed by atoms with Crippen molar-refractivity contribution in [2.45, 2.75) is 0 Å². The van der Waals surface area contributed by atoms with Crippen molar-refractivity contribution in [3.63, 3.8) is 0 Å². The molecule has 1 aromatic carbocycles. The summed E-state index contributed by atoms with van der Waals surface area (Å²) in [5.41, 5.74) is 0.994. The summed E-state index contributed by atoms with van der Waals surface area (Å²) < 4.78 is 0. The third-order valence-electron chi connectivity index (χ3n) is 3.48. The van der Waals surface area contributed by atoms with Gasteiger partial charge >= 0.3 is 0 Å². The highest BCUT2D eigenvalue weighted by Gasteiger charge is 2.22. The fourth-order valence-electron chi connectivity index (χ4n) is 2.54. The second-order valence-electron chi connectivity index (χ2n) is 4.65. The van der Waals surface area contributed by atoms with Crippen molar-refractivity contribution < 1.29 is 10.0 Å². The molecule has 104 valence electrons. The monoisotopic (exact) mass is 274 g/mol. The molecule has 2 N–H and O–H groups in total. The molecule has 7 nitrogen and oxygen atoms in total. The van der Waals surface area contributed by atoms with Crippen LogP contribution in [-0.4, -0.2) is 41.2 Å². The lowest BCUT2D eigenvalue weighted by molar-refractivity contribution is -0.383. The molecule has 1 aliphatic heterocycles. The predicted molar refractivity (Wildman–Crippen MR) is 75.1 cm³/mol. The van der Waals surface area contributed by atoms with Crippen LogP contribution in [-0.2, 0) is 0 Å². The van der Waals surface area contributed by atoms with Crippen LogP contribution in [0.2, 0.25) is 0 Å². The van der Waals surface area contributed by atoms with Crippen LogP contribution < -0.4 is 10.2 Å². The summed E-state index contributed by atoms with van der Waals surface area (Å²) in [6.45, 7) is 3.20. The van der Waals surface area contributed by atoms with Gasteiger partial charge in [0, 0.05) is 38.4 Å². The first-order chi connectivity index (χ1) is 9.68. The zero-order valence-electron chi connectivity index (χ0n) is 10.7. The van der Waals surface area contributed by atoms with Crippen molar-refractivity contribution in [2.75, 3.05) is 31.1 Å². The number of aromatic hydroxyl groups is 1. The van der Waals surface area contributed by atoms with E-state index in [-0.39, 0.29) is 17.0 Å². The number of rotatable bonds is 2. The average molecular weight is 274 g/mol. The van der Waals surface area contributed by atoms with E-state index in [1.54, 1.807) is 12.3 Å². The molecule has 0 spiro atoms. The standard InChI is InChI=1S/C13H14N4O3/c18-11-2-1-10(17(19)20)12-9(3-4-15-13(11)12)16-7-5-14-6-8-16/h1-4,14,18H,5-8H2. The molecule has 0 radical (unpaired) electrons. The lowest BCUT2D eigenvalue weighted by Crippen LogP contribution is -2.43. The molecule has 1 aliphatic rings. The van der Waals surface area contributed by atoms with Gasteiger partial charge in [-0.05, 0) is 12.1 Å². The summed E-state index contributed by atoms with van der Waals surface area (Å²) in [4.78, 5) is 17.0. The summed E-state index contributed by atoms with van der Waals surface area (Å²) in [7, 11) is 0. The van der Waals surface area contributed by atoms with E-state index >= 15 is 0 Å². The quantitative estimate of drug-likeness (QED) is 0.632. The number of non-ortho nitro benzene ring substituents is 1. The van der Waals surface area contributed by atoms with Crippen molar-refractivity contribution in [1.29, 1.82) is 0 Å².